The van der Waals surface area contributed by atoms with Crippen molar-refractivity contribution in [1.29, 1.82) is 0 Å². The number of unbranched alkanes of at least 4 members (excludes halogenated alkanes) is 2. The fraction of sp³-hybridized carbons (Fsp3) is 0.759. The van der Waals surface area contributed by atoms with Gasteiger partial charge in [0.15, 0.2) is 5.78 Å². The zero-order valence-corrected chi connectivity index (χ0v) is 22.4. The summed E-state index contributed by atoms with van der Waals surface area (Å²) in [6.07, 6.45) is 5.84. The third-order valence-electron chi connectivity index (χ3n) is 8.83. The maximum atomic E-state index is 13.6. The molecule has 1 aromatic rings. The highest BCUT2D eigenvalue weighted by Crippen LogP contribution is 2.53. The second-order valence-electron chi connectivity index (χ2n) is 11.6. The van der Waals surface area contributed by atoms with E-state index in [1.807, 2.05) is 6.07 Å². The second kappa shape index (κ2) is 11.2. The first-order chi connectivity index (χ1) is 16.7. The van der Waals surface area contributed by atoms with Gasteiger partial charge in [-0.3, -0.25) is 9.69 Å². The van der Waals surface area contributed by atoms with Crippen LogP contribution in [0.5, 0.6) is 11.5 Å². The summed E-state index contributed by atoms with van der Waals surface area (Å²) < 4.78 is 12.0. The Balaban J connectivity index is 1.62. The number of morpholine rings is 1. The molecule has 0 aromatic heterocycles. The Labute approximate surface area is 211 Å². The molecule has 0 spiro atoms. The Morgan fingerprint density at radius 1 is 1.23 bits per heavy atom. The first kappa shape index (κ1) is 26.4. The molecule has 3 aliphatic rings. The minimum Gasteiger partial charge on any atom is -0.508 e. The normalized spacial score (nSPS) is 27.9. The van der Waals surface area contributed by atoms with Crippen LogP contribution in [0.1, 0.15) is 89.7 Å². The van der Waals surface area contributed by atoms with Crippen molar-refractivity contribution >= 4 is 5.78 Å². The Kier molecular flexibility index (Phi) is 8.45. The van der Waals surface area contributed by atoms with Crippen LogP contribution in [0.3, 0.4) is 0 Å². The average Bonchev–Trinajstić information content (AvgIpc) is 2.83. The molecule has 6 heteroatoms. The molecule has 3 heterocycles. The van der Waals surface area contributed by atoms with Crippen LogP contribution >= 0.6 is 0 Å². The van der Waals surface area contributed by atoms with E-state index in [1.54, 1.807) is 0 Å². The Morgan fingerprint density at radius 3 is 2.69 bits per heavy atom. The largest absolute Gasteiger partial charge is 0.508 e. The molecule has 196 valence electrons. The molecule has 0 amide bonds. The van der Waals surface area contributed by atoms with Crippen molar-refractivity contribution in [3.63, 3.8) is 0 Å². The maximum absolute atomic E-state index is 13.6. The van der Waals surface area contributed by atoms with Crippen LogP contribution in [0.25, 0.3) is 0 Å². The molecule has 3 aliphatic heterocycles. The van der Waals surface area contributed by atoms with Gasteiger partial charge in [-0.2, -0.15) is 0 Å². The van der Waals surface area contributed by atoms with Gasteiger partial charge >= 0.3 is 0 Å². The van der Waals surface area contributed by atoms with Gasteiger partial charge in [-0.25, -0.2) is 0 Å². The lowest BCUT2D eigenvalue weighted by Gasteiger charge is -2.50. The summed E-state index contributed by atoms with van der Waals surface area (Å²) in [6.45, 7) is 15.2. The fourth-order valence-corrected chi connectivity index (χ4v) is 6.44. The van der Waals surface area contributed by atoms with Crippen LogP contribution in [0.2, 0.25) is 0 Å². The third kappa shape index (κ3) is 5.70. The van der Waals surface area contributed by atoms with E-state index in [0.29, 0.717) is 31.6 Å². The van der Waals surface area contributed by atoms with E-state index in [1.165, 1.54) is 25.7 Å². The van der Waals surface area contributed by atoms with Gasteiger partial charge in [0.2, 0.25) is 0 Å². The van der Waals surface area contributed by atoms with E-state index in [-0.39, 0.29) is 29.4 Å². The number of fused-ring (bicyclic) bond motifs is 3. The summed E-state index contributed by atoms with van der Waals surface area (Å²) in [5.74, 6) is 2.17. The minimum absolute atomic E-state index is 0.0950. The number of hydrogen-bond donors (Lipinski definition) is 2. The molecule has 4 rings (SSSR count). The molecule has 1 aromatic carbocycles. The quantitative estimate of drug-likeness (QED) is 0.487. The zero-order chi connectivity index (χ0) is 25.2. The van der Waals surface area contributed by atoms with Crippen LogP contribution in [0, 0.1) is 11.8 Å². The van der Waals surface area contributed by atoms with Gasteiger partial charge in [-0.15, -0.1) is 0 Å². The smallest absolute Gasteiger partial charge is 0.164 e. The third-order valence-corrected chi connectivity index (χ3v) is 8.83. The fourth-order valence-electron chi connectivity index (χ4n) is 6.44. The first-order valence-electron chi connectivity index (χ1n) is 13.8. The monoisotopic (exact) mass is 486 g/mol. The maximum Gasteiger partial charge on any atom is 0.164 e. The number of phenols is 1. The van der Waals surface area contributed by atoms with Crippen molar-refractivity contribution < 1.29 is 19.4 Å². The molecule has 2 saturated heterocycles. The molecule has 0 radical (unpaired) electrons. The summed E-state index contributed by atoms with van der Waals surface area (Å²) >= 11 is 0. The number of benzene rings is 1. The van der Waals surface area contributed by atoms with Crippen LogP contribution in [0.4, 0.5) is 0 Å². The standard InChI is InChI=1S/C29H46N2O4/c1-6-7-8-9-19(2)20(3)21-16-23(32)27-25(17-21)35-29(4,5)22-10-11-30-28(26(22)27)24(33)18-31-12-14-34-15-13-31/h16-17,19-20,22,26,28,30,32H,6-15,18H2,1-5H3/t19?,20?,22?,26-,28+/m1/s1. The molecule has 2 fully saturated rings. The van der Waals surface area contributed by atoms with Crippen LogP contribution in [-0.4, -0.2) is 66.8 Å². The predicted molar refractivity (Wildman–Crippen MR) is 139 cm³/mol. The number of carbonyl (C=O) groups is 1. The van der Waals surface area contributed by atoms with Gasteiger partial charge < -0.3 is 19.9 Å². The Morgan fingerprint density at radius 2 is 1.97 bits per heavy atom. The molecule has 2 N–H and O–H groups in total. The SMILES string of the molecule is CCCCCC(C)C(C)c1cc(O)c2c(c1)OC(C)(C)C1CCN[C@@H](C(=O)CN3CCOCC3)[C@@H]21. The number of aromatic hydroxyl groups is 1. The van der Waals surface area contributed by atoms with E-state index < -0.39 is 5.60 Å². The summed E-state index contributed by atoms with van der Waals surface area (Å²) in [4.78, 5) is 15.8. The number of ketones is 1. The molecular formula is C29H46N2O4. The van der Waals surface area contributed by atoms with Crippen molar-refractivity contribution in [1.82, 2.24) is 10.2 Å². The summed E-state index contributed by atoms with van der Waals surface area (Å²) in [6, 6.07) is 3.77. The number of rotatable bonds is 9. The lowest BCUT2D eigenvalue weighted by molar-refractivity contribution is -0.126. The first-order valence-corrected chi connectivity index (χ1v) is 13.8. The number of Topliss-reactive ketones (excluding diaryl/α,β-unsaturated/α-hetero) is 1. The lowest BCUT2D eigenvalue weighted by Crippen LogP contribution is -2.59. The van der Waals surface area contributed by atoms with Gasteiger partial charge in [0, 0.05) is 30.5 Å². The minimum atomic E-state index is -0.404. The van der Waals surface area contributed by atoms with Crippen molar-refractivity contribution in [2.75, 3.05) is 39.4 Å². The Bertz CT molecular complexity index is 880. The average molecular weight is 487 g/mol. The topological polar surface area (TPSA) is 71.0 Å². The number of piperidine rings is 1. The van der Waals surface area contributed by atoms with Crippen LogP contribution in [0.15, 0.2) is 12.1 Å². The molecule has 0 bridgehead atoms. The summed E-state index contributed by atoms with van der Waals surface area (Å²) in [5, 5.41) is 14.9. The lowest BCUT2D eigenvalue weighted by atomic mass is 9.66. The number of ether oxygens (including phenoxy) is 2. The van der Waals surface area contributed by atoms with Gasteiger partial charge in [0.1, 0.15) is 17.1 Å². The van der Waals surface area contributed by atoms with Crippen molar-refractivity contribution in [2.24, 2.45) is 11.8 Å². The number of carbonyl (C=O) groups excluding carboxylic acids is 1. The molecule has 3 unspecified atom stereocenters. The van der Waals surface area contributed by atoms with E-state index >= 15 is 0 Å². The second-order valence-corrected chi connectivity index (χ2v) is 11.6. The zero-order valence-electron chi connectivity index (χ0n) is 22.4. The van der Waals surface area contributed by atoms with Crippen molar-refractivity contribution in [3.8, 4) is 11.5 Å². The number of nitrogens with zero attached hydrogens (tertiary/aromatic N) is 1. The summed E-state index contributed by atoms with van der Waals surface area (Å²) in [5.41, 5.74) is 1.54. The molecule has 0 saturated carbocycles. The highest BCUT2D eigenvalue weighted by atomic mass is 16.5. The molecule has 0 aliphatic carbocycles. The predicted octanol–water partition coefficient (Wildman–Crippen LogP) is 4.85. The highest BCUT2D eigenvalue weighted by Gasteiger charge is 2.51. The van der Waals surface area contributed by atoms with E-state index in [0.717, 1.165) is 42.9 Å². The van der Waals surface area contributed by atoms with E-state index in [4.69, 9.17) is 9.47 Å². The van der Waals surface area contributed by atoms with E-state index in [2.05, 4.69) is 50.9 Å². The number of nitrogens with one attached hydrogen (secondary N) is 1. The number of hydrogen-bond acceptors (Lipinski definition) is 6. The molecule has 35 heavy (non-hydrogen) atoms. The Hall–Kier alpha value is -1.63. The molecular weight excluding hydrogens is 440 g/mol. The molecule has 6 nitrogen and oxygen atoms in total. The summed E-state index contributed by atoms with van der Waals surface area (Å²) in [7, 11) is 0. The van der Waals surface area contributed by atoms with Gasteiger partial charge in [-0.1, -0.05) is 46.5 Å². The van der Waals surface area contributed by atoms with Gasteiger partial charge in [0.05, 0.1) is 25.8 Å². The van der Waals surface area contributed by atoms with Crippen molar-refractivity contribution in [3.05, 3.63) is 23.3 Å². The van der Waals surface area contributed by atoms with Crippen LogP contribution < -0.4 is 10.1 Å². The van der Waals surface area contributed by atoms with Crippen molar-refractivity contribution in [2.45, 2.75) is 90.2 Å². The number of phenolic OH excluding ortho intramolecular Hbond substituents is 1. The van der Waals surface area contributed by atoms with E-state index in [9.17, 15) is 9.90 Å². The van der Waals surface area contributed by atoms with Crippen LogP contribution in [-0.2, 0) is 9.53 Å². The highest BCUT2D eigenvalue weighted by molar-refractivity contribution is 5.87. The van der Waals surface area contributed by atoms with Gasteiger partial charge in [0.25, 0.3) is 0 Å². The van der Waals surface area contributed by atoms with Gasteiger partial charge in [-0.05, 0) is 56.3 Å². The molecule has 5 atom stereocenters.